The minimum absolute atomic E-state index is 0.0214. The zero-order valence-electron chi connectivity index (χ0n) is 45.9. The predicted molar refractivity (Wildman–Crippen MR) is 299 cm³/mol. The van der Waals surface area contributed by atoms with Crippen molar-refractivity contribution < 1.29 is 56.2 Å². The number of aliphatic hydroxyl groups is 3. The summed E-state index contributed by atoms with van der Waals surface area (Å²) in [7, 11) is -5.07. The summed E-state index contributed by atoms with van der Waals surface area (Å²) in [4.78, 5) is 13.0. The summed E-state index contributed by atoms with van der Waals surface area (Å²) in [5, 5.41) is 30.9. The van der Waals surface area contributed by atoms with Crippen molar-refractivity contribution in [1.82, 2.24) is 0 Å². The van der Waals surface area contributed by atoms with E-state index in [2.05, 4.69) is 90.9 Å². The first-order valence-corrected chi connectivity index (χ1v) is 30.6. The summed E-state index contributed by atoms with van der Waals surface area (Å²) < 4.78 is 59.4. The van der Waals surface area contributed by atoms with Crippen LogP contribution in [0.1, 0.15) is 239 Å². The third kappa shape index (κ3) is 43.4. The molecule has 4 N–H and O–H groups in total. The number of hydrogen-bond acceptors (Lipinski definition) is 11. The lowest BCUT2D eigenvalue weighted by Gasteiger charge is -2.41. The van der Waals surface area contributed by atoms with Crippen molar-refractivity contribution in [2.45, 2.75) is 275 Å². The van der Waals surface area contributed by atoms with E-state index in [0.717, 1.165) is 96.3 Å². The molecule has 0 aromatic heterocycles. The lowest BCUT2D eigenvalue weighted by Crippen LogP contribution is -2.60. The minimum Gasteiger partial charge on any atom is -0.457 e. The fourth-order valence-electron chi connectivity index (χ4n) is 8.74. The highest BCUT2D eigenvalue weighted by atomic mass is 32.3. The Morgan fingerprint density at radius 2 is 0.945 bits per heavy atom. The first kappa shape index (κ1) is 68.6. The number of allylic oxidation sites excluding steroid dienone is 12. The zero-order chi connectivity index (χ0) is 53.1. The Morgan fingerprint density at radius 3 is 1.38 bits per heavy atom. The maximum absolute atomic E-state index is 13.0. The highest BCUT2D eigenvalue weighted by Gasteiger charge is 2.48. The van der Waals surface area contributed by atoms with Gasteiger partial charge in [0.25, 0.3) is 0 Å². The van der Waals surface area contributed by atoms with Crippen LogP contribution in [-0.4, -0.2) is 97.5 Å². The van der Waals surface area contributed by atoms with Crippen molar-refractivity contribution in [3.63, 3.8) is 0 Å². The SMILES string of the molecule is CC/C=C\C/C=C\C/C=C\C/C=C\C/C=C\C/C=C\CCCCCCCOCC(COC1OC(CO)C(O)C(OS(=O)(=O)O)C1O)OC(=O)CCCCCCCCCCCCCCCCCCCCCCCC. The molecule has 0 aromatic rings. The monoisotopic (exact) mass is 1050 g/mol. The molecule has 1 fully saturated rings. The Morgan fingerprint density at radius 1 is 0.534 bits per heavy atom. The van der Waals surface area contributed by atoms with Gasteiger partial charge in [-0.15, -0.1) is 0 Å². The number of ether oxygens (including phenoxy) is 4. The number of unbranched alkanes of at least 4 members (excludes halogenated alkanes) is 26. The molecule has 1 rings (SSSR count). The largest absolute Gasteiger partial charge is 0.457 e. The second-order valence-corrected chi connectivity index (χ2v) is 20.9. The van der Waals surface area contributed by atoms with Crippen LogP contribution >= 0.6 is 0 Å². The van der Waals surface area contributed by atoms with E-state index in [-0.39, 0.29) is 19.6 Å². The van der Waals surface area contributed by atoms with Crippen LogP contribution in [0.5, 0.6) is 0 Å². The first-order valence-electron chi connectivity index (χ1n) is 29.2. The van der Waals surface area contributed by atoms with E-state index in [1.165, 1.54) is 116 Å². The van der Waals surface area contributed by atoms with Crippen LogP contribution in [0.15, 0.2) is 72.9 Å². The standard InChI is InChI=1S/C60H106O12S/c1-3-5-7-9-11-13-15-17-19-21-23-25-27-28-30-32-34-36-38-40-42-44-46-48-50-68-52-54(53-69-60-58(64)59(72-73(65,66)67)57(63)55(51-61)71-60)70-56(62)49-47-45-43-41-39-37-35-33-31-29-26-24-22-20-18-16-14-12-10-8-6-4-2/h5,7,11,13,17,19,23,25,28,30,34,36,54-55,57-61,63-64H,3-4,6,8-10,12,14-16,18,20-22,24,26-27,29,31-33,35,37-53H2,1-2H3,(H,65,66,67)/b7-5-,13-11-,19-17-,25-23-,30-28-,36-34-. The maximum atomic E-state index is 13.0. The van der Waals surface area contributed by atoms with Gasteiger partial charge in [-0.3, -0.25) is 9.35 Å². The Labute approximate surface area is 445 Å². The van der Waals surface area contributed by atoms with Crippen LogP contribution in [0, 0.1) is 0 Å². The summed E-state index contributed by atoms with van der Waals surface area (Å²) in [5.41, 5.74) is 0. The van der Waals surface area contributed by atoms with Gasteiger partial charge in [-0.25, -0.2) is 4.18 Å². The van der Waals surface area contributed by atoms with E-state index in [4.69, 9.17) is 18.9 Å². The summed E-state index contributed by atoms with van der Waals surface area (Å²) in [6.45, 7) is 3.87. The van der Waals surface area contributed by atoms with E-state index in [1.54, 1.807) is 0 Å². The molecule has 12 nitrogen and oxygen atoms in total. The number of hydrogen-bond donors (Lipinski definition) is 4. The summed E-state index contributed by atoms with van der Waals surface area (Å²) in [6.07, 6.45) is 57.9. The highest BCUT2D eigenvalue weighted by Crippen LogP contribution is 2.26. The van der Waals surface area contributed by atoms with Gasteiger partial charge in [0.15, 0.2) is 6.29 Å². The van der Waals surface area contributed by atoms with Crippen molar-refractivity contribution >= 4 is 16.4 Å². The predicted octanol–water partition coefficient (Wildman–Crippen LogP) is 14.6. The molecule has 73 heavy (non-hydrogen) atoms. The third-order valence-corrected chi connectivity index (χ3v) is 13.6. The van der Waals surface area contributed by atoms with Gasteiger partial charge in [0.05, 0.1) is 19.8 Å². The van der Waals surface area contributed by atoms with Crippen molar-refractivity contribution in [2.24, 2.45) is 0 Å². The quantitative estimate of drug-likeness (QED) is 0.0196. The first-order chi connectivity index (χ1) is 35.6. The second-order valence-electron chi connectivity index (χ2n) is 19.9. The Hall–Kier alpha value is -2.46. The summed E-state index contributed by atoms with van der Waals surface area (Å²) >= 11 is 0. The topological polar surface area (TPSA) is 178 Å². The van der Waals surface area contributed by atoms with Crippen LogP contribution < -0.4 is 0 Å². The Balaban J connectivity index is 2.32. The van der Waals surface area contributed by atoms with Crippen LogP contribution in [-0.2, 0) is 38.3 Å². The van der Waals surface area contributed by atoms with Gasteiger partial charge < -0.3 is 34.3 Å². The van der Waals surface area contributed by atoms with Gasteiger partial charge in [0.2, 0.25) is 0 Å². The molecule has 0 radical (unpaired) electrons. The number of carbonyl (C=O) groups is 1. The van der Waals surface area contributed by atoms with Crippen molar-refractivity contribution in [3.05, 3.63) is 72.9 Å². The molecule has 0 amide bonds. The average molecular weight is 1050 g/mol. The van der Waals surface area contributed by atoms with Crippen LogP contribution in [0.4, 0.5) is 0 Å². The fourth-order valence-corrected chi connectivity index (χ4v) is 9.25. The number of rotatable bonds is 51. The van der Waals surface area contributed by atoms with Gasteiger partial charge >= 0.3 is 16.4 Å². The lowest BCUT2D eigenvalue weighted by atomic mass is 9.99. The summed E-state index contributed by atoms with van der Waals surface area (Å²) in [6, 6.07) is 0. The van der Waals surface area contributed by atoms with E-state index >= 15 is 0 Å². The molecule has 13 heteroatoms. The molecule has 0 aliphatic carbocycles. The molecule has 6 atom stereocenters. The molecule has 424 valence electrons. The Kier molecular flexibility index (Phi) is 47.3. The van der Waals surface area contributed by atoms with Gasteiger partial charge in [0, 0.05) is 13.0 Å². The van der Waals surface area contributed by atoms with Crippen LogP contribution in [0.25, 0.3) is 0 Å². The highest BCUT2D eigenvalue weighted by molar-refractivity contribution is 7.80. The molecule has 1 aliphatic heterocycles. The molecule has 0 bridgehead atoms. The number of esters is 1. The van der Waals surface area contributed by atoms with Crippen molar-refractivity contribution in [2.75, 3.05) is 26.4 Å². The van der Waals surface area contributed by atoms with Gasteiger partial charge in [-0.2, -0.15) is 8.42 Å². The summed E-state index contributed by atoms with van der Waals surface area (Å²) in [5.74, 6) is -0.404. The number of aliphatic hydroxyl groups excluding tert-OH is 3. The second kappa shape index (κ2) is 50.4. The Bertz CT molecular complexity index is 1540. The molecule has 0 saturated carbocycles. The zero-order valence-corrected chi connectivity index (χ0v) is 46.7. The van der Waals surface area contributed by atoms with E-state index in [9.17, 15) is 33.1 Å². The smallest absolute Gasteiger partial charge is 0.397 e. The molecule has 1 saturated heterocycles. The minimum atomic E-state index is -5.07. The normalized spacial score (nSPS) is 19.3. The molecule has 6 unspecified atom stereocenters. The fraction of sp³-hybridized carbons (Fsp3) is 0.783. The van der Waals surface area contributed by atoms with Gasteiger partial charge in [0.1, 0.15) is 30.5 Å². The molecular formula is C60H106O12S. The molecule has 0 spiro atoms. The van der Waals surface area contributed by atoms with Crippen LogP contribution in [0.3, 0.4) is 0 Å². The third-order valence-electron chi connectivity index (χ3n) is 13.1. The number of carbonyl (C=O) groups excluding carboxylic acids is 1. The van der Waals surface area contributed by atoms with Gasteiger partial charge in [-0.1, -0.05) is 241 Å². The van der Waals surface area contributed by atoms with Gasteiger partial charge in [-0.05, 0) is 64.2 Å². The molecule has 1 aliphatic rings. The van der Waals surface area contributed by atoms with E-state index < -0.39 is 59.8 Å². The maximum Gasteiger partial charge on any atom is 0.397 e. The van der Waals surface area contributed by atoms with Crippen LogP contribution in [0.2, 0.25) is 0 Å². The van der Waals surface area contributed by atoms with Crippen molar-refractivity contribution in [3.8, 4) is 0 Å². The molecule has 1 heterocycles. The molecular weight excluding hydrogens is 945 g/mol. The van der Waals surface area contributed by atoms with E-state index in [0.29, 0.717) is 13.0 Å². The molecule has 0 aromatic carbocycles. The lowest BCUT2D eigenvalue weighted by molar-refractivity contribution is -0.301. The van der Waals surface area contributed by atoms with Crippen molar-refractivity contribution in [1.29, 1.82) is 0 Å². The average Bonchev–Trinajstić information content (AvgIpc) is 3.37. The van der Waals surface area contributed by atoms with E-state index in [1.807, 2.05) is 0 Å².